The zero-order valence-corrected chi connectivity index (χ0v) is 15.3. The second-order valence-corrected chi connectivity index (χ2v) is 6.65. The Balaban J connectivity index is 2.89. The highest BCUT2D eigenvalue weighted by atomic mass is 16.4. The molecule has 0 aliphatic heterocycles. The largest absolute Gasteiger partial charge is 0.480 e. The summed E-state index contributed by atoms with van der Waals surface area (Å²) >= 11 is 0. The maximum atomic E-state index is 12.6. The van der Waals surface area contributed by atoms with Crippen molar-refractivity contribution < 1.29 is 24.3 Å². The van der Waals surface area contributed by atoms with Crippen molar-refractivity contribution in [2.45, 2.75) is 51.2 Å². The number of carboxylic acid groups (broad SMARTS) is 1. The van der Waals surface area contributed by atoms with Gasteiger partial charge in [0, 0.05) is 18.3 Å². The number of primary amides is 1. The Bertz CT molecular complexity index is 660. The molecule has 0 aliphatic carbocycles. The number of aromatic nitrogens is 2. The van der Waals surface area contributed by atoms with Gasteiger partial charge in [0.2, 0.25) is 17.7 Å². The van der Waals surface area contributed by atoms with E-state index in [-0.39, 0.29) is 25.2 Å². The number of carboxylic acids is 1. The van der Waals surface area contributed by atoms with E-state index in [1.54, 1.807) is 0 Å². The lowest BCUT2D eigenvalue weighted by Gasteiger charge is -2.23. The first-order chi connectivity index (χ1) is 12.6. The fourth-order valence-electron chi connectivity index (χ4n) is 2.38. The van der Waals surface area contributed by atoms with E-state index >= 15 is 0 Å². The third kappa shape index (κ3) is 7.86. The summed E-state index contributed by atoms with van der Waals surface area (Å²) < 4.78 is 0. The van der Waals surface area contributed by atoms with Gasteiger partial charge in [0.15, 0.2) is 0 Å². The van der Waals surface area contributed by atoms with Gasteiger partial charge in [-0.1, -0.05) is 13.8 Å². The Morgan fingerprint density at radius 3 is 2.30 bits per heavy atom. The minimum atomic E-state index is -1.22. The van der Waals surface area contributed by atoms with Crippen molar-refractivity contribution in [1.29, 1.82) is 0 Å². The summed E-state index contributed by atoms with van der Waals surface area (Å²) in [5, 5.41) is 14.1. The number of carbonyl (C=O) groups excluding carboxylic acids is 3. The molecule has 3 unspecified atom stereocenters. The van der Waals surface area contributed by atoms with E-state index in [0.717, 1.165) is 0 Å². The molecule has 1 rings (SSSR count). The number of imidazole rings is 1. The molecular formula is C16H26N6O5. The number of aromatic amines is 1. The van der Waals surface area contributed by atoms with Gasteiger partial charge in [0.05, 0.1) is 18.8 Å². The highest BCUT2D eigenvalue weighted by Gasteiger charge is 2.29. The first-order valence-corrected chi connectivity index (χ1v) is 8.44. The second kappa shape index (κ2) is 10.3. The van der Waals surface area contributed by atoms with Crippen LogP contribution in [0.4, 0.5) is 0 Å². The molecule has 0 fully saturated rings. The van der Waals surface area contributed by atoms with Gasteiger partial charge in [-0.05, 0) is 12.3 Å². The first-order valence-electron chi connectivity index (χ1n) is 8.44. The van der Waals surface area contributed by atoms with Crippen LogP contribution in [0.1, 0.15) is 32.4 Å². The molecule has 27 heavy (non-hydrogen) atoms. The van der Waals surface area contributed by atoms with Crippen LogP contribution < -0.4 is 22.1 Å². The van der Waals surface area contributed by atoms with Gasteiger partial charge < -0.3 is 32.2 Å². The van der Waals surface area contributed by atoms with Crippen LogP contribution in [0.3, 0.4) is 0 Å². The zero-order chi connectivity index (χ0) is 20.6. The summed E-state index contributed by atoms with van der Waals surface area (Å²) in [5.41, 5.74) is 11.2. The lowest BCUT2D eigenvalue weighted by Crippen LogP contribution is -2.55. The maximum Gasteiger partial charge on any atom is 0.326 e. The number of nitrogens with two attached hydrogens (primary N) is 2. The molecule has 1 heterocycles. The highest BCUT2D eigenvalue weighted by Crippen LogP contribution is 2.07. The molecule has 1 aromatic heterocycles. The fraction of sp³-hybridized carbons (Fsp3) is 0.562. The van der Waals surface area contributed by atoms with Gasteiger partial charge in [-0.15, -0.1) is 0 Å². The average molecular weight is 382 g/mol. The highest BCUT2D eigenvalue weighted by molar-refractivity contribution is 5.93. The fourth-order valence-corrected chi connectivity index (χ4v) is 2.38. The number of hydrogen-bond donors (Lipinski definition) is 6. The van der Waals surface area contributed by atoms with E-state index in [4.69, 9.17) is 11.5 Å². The van der Waals surface area contributed by atoms with Gasteiger partial charge in [-0.25, -0.2) is 9.78 Å². The van der Waals surface area contributed by atoms with Gasteiger partial charge in [-0.3, -0.25) is 14.4 Å². The molecule has 0 aromatic carbocycles. The minimum absolute atomic E-state index is 0.0366. The van der Waals surface area contributed by atoms with Crippen LogP contribution in [0.5, 0.6) is 0 Å². The molecule has 1 aromatic rings. The van der Waals surface area contributed by atoms with Crippen molar-refractivity contribution in [3.63, 3.8) is 0 Å². The summed E-state index contributed by atoms with van der Waals surface area (Å²) in [5.74, 6) is -3.32. The van der Waals surface area contributed by atoms with Crippen molar-refractivity contribution in [2.24, 2.45) is 17.4 Å². The molecule has 0 saturated heterocycles. The van der Waals surface area contributed by atoms with E-state index in [2.05, 4.69) is 20.6 Å². The monoisotopic (exact) mass is 382 g/mol. The van der Waals surface area contributed by atoms with Gasteiger partial charge in [0.25, 0.3) is 0 Å². The maximum absolute atomic E-state index is 12.6. The van der Waals surface area contributed by atoms with E-state index in [0.29, 0.717) is 5.69 Å². The normalized spacial score (nSPS) is 14.2. The van der Waals surface area contributed by atoms with E-state index in [1.165, 1.54) is 12.5 Å². The lowest BCUT2D eigenvalue weighted by atomic mass is 10.0. The topological polar surface area (TPSA) is 193 Å². The number of H-pyrrole nitrogens is 1. The van der Waals surface area contributed by atoms with Crippen LogP contribution in [-0.2, 0) is 25.6 Å². The Hall–Kier alpha value is -2.95. The third-order valence-electron chi connectivity index (χ3n) is 3.69. The number of carbonyl (C=O) groups is 4. The molecule has 0 spiro atoms. The van der Waals surface area contributed by atoms with Crippen LogP contribution >= 0.6 is 0 Å². The summed E-state index contributed by atoms with van der Waals surface area (Å²) in [6, 6.07) is -3.42. The molecule has 11 heteroatoms. The summed E-state index contributed by atoms with van der Waals surface area (Å²) in [6.07, 6.45) is 2.76. The number of nitrogens with zero attached hydrogens (tertiary/aromatic N) is 1. The summed E-state index contributed by atoms with van der Waals surface area (Å²) in [7, 11) is 0. The summed E-state index contributed by atoms with van der Waals surface area (Å²) in [6.45, 7) is 3.66. The number of aliphatic carboxylic acids is 1. The molecule has 3 atom stereocenters. The SMILES string of the molecule is CC(C)CC(NC(=O)C(Cc1cnc[nH]1)NC(=O)C(N)CC(N)=O)C(=O)O. The van der Waals surface area contributed by atoms with Crippen molar-refractivity contribution in [1.82, 2.24) is 20.6 Å². The number of nitrogens with one attached hydrogen (secondary N) is 3. The van der Waals surface area contributed by atoms with Crippen molar-refractivity contribution in [3.8, 4) is 0 Å². The quantitative estimate of drug-likeness (QED) is 0.261. The van der Waals surface area contributed by atoms with Crippen LogP contribution in [0.25, 0.3) is 0 Å². The van der Waals surface area contributed by atoms with Gasteiger partial charge >= 0.3 is 5.97 Å². The van der Waals surface area contributed by atoms with E-state index in [9.17, 15) is 24.3 Å². The van der Waals surface area contributed by atoms with Crippen molar-refractivity contribution >= 4 is 23.7 Å². The molecule has 8 N–H and O–H groups in total. The molecule has 0 bridgehead atoms. The van der Waals surface area contributed by atoms with Crippen LogP contribution in [-0.4, -0.2) is 56.9 Å². The Labute approximate surface area is 156 Å². The predicted molar refractivity (Wildman–Crippen MR) is 95.0 cm³/mol. The molecule has 0 saturated carbocycles. The smallest absolute Gasteiger partial charge is 0.326 e. The van der Waals surface area contributed by atoms with Gasteiger partial charge in [-0.2, -0.15) is 0 Å². The Kier molecular flexibility index (Phi) is 8.39. The van der Waals surface area contributed by atoms with E-state index in [1.807, 2.05) is 13.8 Å². The number of hydrogen-bond acceptors (Lipinski definition) is 6. The van der Waals surface area contributed by atoms with Crippen molar-refractivity contribution in [3.05, 3.63) is 18.2 Å². The Morgan fingerprint density at radius 2 is 1.81 bits per heavy atom. The number of rotatable bonds is 11. The second-order valence-electron chi connectivity index (χ2n) is 6.65. The van der Waals surface area contributed by atoms with Crippen molar-refractivity contribution in [2.75, 3.05) is 0 Å². The lowest BCUT2D eigenvalue weighted by molar-refractivity contribution is -0.142. The molecule has 0 radical (unpaired) electrons. The molecule has 0 aliphatic rings. The molecular weight excluding hydrogens is 356 g/mol. The number of amides is 3. The van der Waals surface area contributed by atoms with Crippen LogP contribution in [0.2, 0.25) is 0 Å². The zero-order valence-electron chi connectivity index (χ0n) is 15.3. The summed E-state index contributed by atoms with van der Waals surface area (Å²) in [4.78, 5) is 53.7. The average Bonchev–Trinajstić information content (AvgIpc) is 3.05. The molecule has 11 nitrogen and oxygen atoms in total. The van der Waals surface area contributed by atoms with Crippen LogP contribution in [0, 0.1) is 5.92 Å². The van der Waals surface area contributed by atoms with Crippen LogP contribution in [0.15, 0.2) is 12.5 Å². The van der Waals surface area contributed by atoms with E-state index < -0.39 is 41.8 Å². The molecule has 3 amide bonds. The molecule has 150 valence electrons. The third-order valence-corrected chi connectivity index (χ3v) is 3.69. The first kappa shape index (κ1) is 22.1. The Morgan fingerprint density at radius 1 is 1.19 bits per heavy atom. The standard InChI is InChI=1S/C16H26N6O5/c1-8(2)3-12(16(26)27)22-15(25)11(4-9-6-19-7-20-9)21-14(24)10(17)5-13(18)23/h6-8,10-12H,3-5,17H2,1-2H3,(H2,18,23)(H,19,20)(H,21,24)(H,22,25)(H,26,27). The van der Waals surface area contributed by atoms with Gasteiger partial charge in [0.1, 0.15) is 12.1 Å². The minimum Gasteiger partial charge on any atom is -0.480 e. The predicted octanol–water partition coefficient (Wildman–Crippen LogP) is -1.74.